The monoisotopic (exact) mass is 172 g/mol. The van der Waals surface area contributed by atoms with Gasteiger partial charge in [0.25, 0.3) is 0 Å². The lowest BCUT2D eigenvalue weighted by Crippen LogP contribution is -2.38. The lowest BCUT2D eigenvalue weighted by Gasteiger charge is -2.19. The third kappa shape index (κ3) is 2.37. The topological polar surface area (TPSA) is 41.6 Å². The first-order chi connectivity index (χ1) is 5.74. The molecule has 1 heterocycles. The minimum absolute atomic E-state index is 0.0260. The lowest BCUT2D eigenvalue weighted by atomic mass is 10.1. The van der Waals surface area contributed by atoms with Crippen LogP contribution in [0.2, 0.25) is 0 Å². The molecule has 1 fully saturated rings. The van der Waals surface area contributed by atoms with Gasteiger partial charge in [-0.25, -0.2) is 4.79 Å². The SMILES string of the molecule is CNC(=O)N(C)CC1CCOC1. The molecule has 1 N–H and O–H groups in total. The zero-order chi connectivity index (χ0) is 8.97. The van der Waals surface area contributed by atoms with Crippen molar-refractivity contribution in [2.45, 2.75) is 6.42 Å². The number of nitrogens with one attached hydrogen (secondary N) is 1. The summed E-state index contributed by atoms with van der Waals surface area (Å²) in [5.74, 6) is 0.521. The van der Waals surface area contributed by atoms with E-state index in [0.717, 1.165) is 26.2 Å². The number of ether oxygens (including phenoxy) is 1. The molecule has 1 aliphatic rings. The van der Waals surface area contributed by atoms with E-state index < -0.39 is 0 Å². The van der Waals surface area contributed by atoms with Gasteiger partial charge in [0.15, 0.2) is 0 Å². The minimum atomic E-state index is -0.0260. The predicted octanol–water partition coefficient (Wildman–Crippen LogP) is 0.294. The maximum Gasteiger partial charge on any atom is 0.316 e. The summed E-state index contributed by atoms with van der Waals surface area (Å²) in [6.07, 6.45) is 1.07. The van der Waals surface area contributed by atoms with Crippen molar-refractivity contribution in [2.75, 3.05) is 33.9 Å². The molecule has 0 aliphatic carbocycles. The van der Waals surface area contributed by atoms with Gasteiger partial charge in [0.05, 0.1) is 6.61 Å². The molecule has 4 nitrogen and oxygen atoms in total. The summed E-state index contributed by atoms with van der Waals surface area (Å²) in [6, 6.07) is -0.0260. The van der Waals surface area contributed by atoms with Crippen molar-refractivity contribution in [1.82, 2.24) is 10.2 Å². The van der Waals surface area contributed by atoms with E-state index in [0.29, 0.717) is 5.92 Å². The number of hydrogen-bond donors (Lipinski definition) is 1. The molecule has 1 unspecified atom stereocenters. The Morgan fingerprint density at radius 2 is 2.50 bits per heavy atom. The lowest BCUT2D eigenvalue weighted by molar-refractivity contribution is 0.172. The van der Waals surface area contributed by atoms with Gasteiger partial charge < -0.3 is 15.0 Å². The second-order valence-electron chi connectivity index (χ2n) is 3.17. The molecule has 0 spiro atoms. The van der Waals surface area contributed by atoms with E-state index in [-0.39, 0.29) is 6.03 Å². The first kappa shape index (κ1) is 9.32. The van der Waals surface area contributed by atoms with Gasteiger partial charge in [-0.2, -0.15) is 0 Å². The van der Waals surface area contributed by atoms with Gasteiger partial charge in [-0.1, -0.05) is 0 Å². The zero-order valence-electron chi connectivity index (χ0n) is 7.67. The minimum Gasteiger partial charge on any atom is -0.381 e. The fraction of sp³-hybridized carbons (Fsp3) is 0.875. The Balaban J connectivity index is 2.24. The van der Waals surface area contributed by atoms with Crippen LogP contribution in [0.25, 0.3) is 0 Å². The van der Waals surface area contributed by atoms with Gasteiger partial charge in [0, 0.05) is 33.2 Å². The summed E-state index contributed by atoms with van der Waals surface area (Å²) in [5.41, 5.74) is 0. The normalized spacial score (nSPS) is 22.3. The molecule has 0 aromatic carbocycles. The first-order valence-electron chi connectivity index (χ1n) is 4.24. The van der Waals surface area contributed by atoms with Crippen LogP contribution in [0.4, 0.5) is 4.79 Å². The largest absolute Gasteiger partial charge is 0.381 e. The van der Waals surface area contributed by atoms with Gasteiger partial charge in [-0.05, 0) is 6.42 Å². The van der Waals surface area contributed by atoms with Gasteiger partial charge >= 0.3 is 6.03 Å². The Bertz CT molecular complexity index is 155. The van der Waals surface area contributed by atoms with E-state index in [1.807, 2.05) is 0 Å². The molecular formula is C8H16N2O2. The van der Waals surface area contributed by atoms with Crippen LogP contribution in [-0.4, -0.2) is 44.8 Å². The van der Waals surface area contributed by atoms with Crippen molar-refractivity contribution in [2.24, 2.45) is 5.92 Å². The van der Waals surface area contributed by atoms with Crippen LogP contribution in [0.3, 0.4) is 0 Å². The van der Waals surface area contributed by atoms with Crippen LogP contribution >= 0.6 is 0 Å². The Hall–Kier alpha value is -0.770. The fourth-order valence-electron chi connectivity index (χ4n) is 1.39. The maximum atomic E-state index is 11.1. The Kier molecular flexibility index (Phi) is 3.34. The maximum absolute atomic E-state index is 11.1. The number of hydrogen-bond acceptors (Lipinski definition) is 2. The van der Waals surface area contributed by atoms with Crippen molar-refractivity contribution in [3.63, 3.8) is 0 Å². The van der Waals surface area contributed by atoms with E-state index in [1.54, 1.807) is 19.0 Å². The van der Waals surface area contributed by atoms with Crippen molar-refractivity contribution in [3.8, 4) is 0 Å². The quantitative estimate of drug-likeness (QED) is 0.650. The Morgan fingerprint density at radius 1 is 1.75 bits per heavy atom. The highest BCUT2D eigenvalue weighted by Crippen LogP contribution is 2.12. The number of rotatable bonds is 2. The highest BCUT2D eigenvalue weighted by atomic mass is 16.5. The van der Waals surface area contributed by atoms with E-state index in [2.05, 4.69) is 5.32 Å². The summed E-state index contributed by atoms with van der Waals surface area (Å²) in [5, 5.41) is 2.58. The van der Waals surface area contributed by atoms with Crippen LogP contribution < -0.4 is 5.32 Å². The van der Waals surface area contributed by atoms with E-state index >= 15 is 0 Å². The van der Waals surface area contributed by atoms with Gasteiger partial charge in [-0.3, -0.25) is 0 Å². The Labute approximate surface area is 72.9 Å². The Morgan fingerprint density at radius 3 is 3.00 bits per heavy atom. The molecular weight excluding hydrogens is 156 g/mol. The third-order valence-electron chi connectivity index (χ3n) is 2.12. The van der Waals surface area contributed by atoms with E-state index in [1.165, 1.54) is 0 Å². The summed E-state index contributed by atoms with van der Waals surface area (Å²) < 4.78 is 5.21. The second kappa shape index (κ2) is 4.30. The predicted molar refractivity (Wildman–Crippen MR) is 46.0 cm³/mol. The first-order valence-corrected chi connectivity index (χ1v) is 4.24. The highest BCUT2D eigenvalue weighted by molar-refractivity contribution is 5.73. The van der Waals surface area contributed by atoms with Crippen LogP contribution in [0, 0.1) is 5.92 Å². The van der Waals surface area contributed by atoms with Crippen LogP contribution in [0.15, 0.2) is 0 Å². The molecule has 70 valence electrons. The van der Waals surface area contributed by atoms with Crippen molar-refractivity contribution in [1.29, 1.82) is 0 Å². The summed E-state index contributed by atoms with van der Waals surface area (Å²) in [4.78, 5) is 12.8. The van der Waals surface area contributed by atoms with Crippen molar-refractivity contribution >= 4 is 6.03 Å². The van der Waals surface area contributed by atoms with Crippen molar-refractivity contribution < 1.29 is 9.53 Å². The summed E-state index contributed by atoms with van der Waals surface area (Å²) >= 11 is 0. The molecule has 0 saturated carbocycles. The summed E-state index contributed by atoms with van der Waals surface area (Å²) in [6.45, 7) is 2.42. The number of carbonyl (C=O) groups is 1. The van der Waals surface area contributed by atoms with Gasteiger partial charge in [-0.15, -0.1) is 0 Å². The molecule has 1 aliphatic heterocycles. The van der Waals surface area contributed by atoms with Crippen LogP contribution in [0.1, 0.15) is 6.42 Å². The van der Waals surface area contributed by atoms with Gasteiger partial charge in [0.1, 0.15) is 0 Å². The third-order valence-corrected chi connectivity index (χ3v) is 2.12. The molecule has 0 aromatic heterocycles. The molecule has 12 heavy (non-hydrogen) atoms. The molecule has 0 radical (unpaired) electrons. The molecule has 4 heteroatoms. The average molecular weight is 172 g/mol. The van der Waals surface area contributed by atoms with Crippen LogP contribution in [0.5, 0.6) is 0 Å². The van der Waals surface area contributed by atoms with Gasteiger partial charge in [0.2, 0.25) is 0 Å². The average Bonchev–Trinajstić information content (AvgIpc) is 2.55. The molecule has 2 amide bonds. The van der Waals surface area contributed by atoms with Crippen molar-refractivity contribution in [3.05, 3.63) is 0 Å². The molecule has 0 bridgehead atoms. The molecule has 0 aromatic rings. The second-order valence-corrected chi connectivity index (χ2v) is 3.17. The fourth-order valence-corrected chi connectivity index (χ4v) is 1.39. The van der Waals surface area contributed by atoms with E-state index in [9.17, 15) is 4.79 Å². The van der Waals surface area contributed by atoms with E-state index in [4.69, 9.17) is 4.74 Å². The van der Waals surface area contributed by atoms with Crippen LogP contribution in [-0.2, 0) is 4.74 Å². The molecule has 1 rings (SSSR count). The molecule has 1 atom stereocenters. The smallest absolute Gasteiger partial charge is 0.316 e. The highest BCUT2D eigenvalue weighted by Gasteiger charge is 2.19. The number of carbonyl (C=O) groups excluding carboxylic acids is 1. The number of amides is 2. The standard InChI is InChI=1S/C8H16N2O2/c1-9-8(11)10(2)5-7-3-4-12-6-7/h7H,3-6H2,1-2H3,(H,9,11). The zero-order valence-corrected chi connectivity index (χ0v) is 7.67. The number of urea groups is 1. The molecule has 1 saturated heterocycles. The number of nitrogens with zero attached hydrogens (tertiary/aromatic N) is 1. The summed E-state index contributed by atoms with van der Waals surface area (Å²) in [7, 11) is 3.45.